The molecule has 1 fully saturated rings. The second kappa shape index (κ2) is 9.70. The summed E-state index contributed by atoms with van der Waals surface area (Å²) < 4.78 is 40.0. The van der Waals surface area contributed by atoms with E-state index in [4.69, 9.17) is 9.47 Å². The lowest BCUT2D eigenvalue weighted by Gasteiger charge is -2.23. The van der Waals surface area contributed by atoms with Gasteiger partial charge in [0, 0.05) is 19.0 Å². The Balaban J connectivity index is 1.93. The van der Waals surface area contributed by atoms with Crippen LogP contribution in [-0.4, -0.2) is 35.1 Å². The summed E-state index contributed by atoms with van der Waals surface area (Å²) in [4.78, 5) is 13.9. The van der Waals surface area contributed by atoms with Crippen LogP contribution in [0.15, 0.2) is 47.4 Å². The number of sulfonamides is 1. The summed E-state index contributed by atoms with van der Waals surface area (Å²) in [7, 11) is -0.737. The highest BCUT2D eigenvalue weighted by Gasteiger charge is 2.28. The molecule has 0 aromatic heterocycles. The summed E-state index contributed by atoms with van der Waals surface area (Å²) in [6.07, 6.45) is 1.83. The van der Waals surface area contributed by atoms with Crippen LogP contribution in [0.2, 0.25) is 0 Å². The zero-order valence-electron chi connectivity index (χ0n) is 18.4. The highest BCUT2D eigenvalue weighted by molar-refractivity contribution is 7.89. The number of anilines is 1. The number of carbonyl (C=O) groups excluding carboxylic acids is 1. The summed E-state index contributed by atoms with van der Waals surface area (Å²) in [6, 6.07) is 11.6. The highest BCUT2D eigenvalue weighted by atomic mass is 32.2. The number of hydrogen-bond acceptors (Lipinski definition) is 5. The van der Waals surface area contributed by atoms with Gasteiger partial charge in [0.05, 0.1) is 24.8 Å². The molecule has 1 heterocycles. The zero-order valence-corrected chi connectivity index (χ0v) is 19.2. The van der Waals surface area contributed by atoms with Crippen LogP contribution in [-0.2, 0) is 14.8 Å². The molecule has 1 atom stereocenters. The quantitative estimate of drug-likeness (QED) is 0.632. The van der Waals surface area contributed by atoms with Gasteiger partial charge >= 0.3 is 0 Å². The third-order valence-corrected chi connectivity index (χ3v) is 6.82. The first-order chi connectivity index (χ1) is 14.7. The number of hydrogen-bond donors (Lipinski definition) is 1. The number of rotatable bonds is 9. The van der Waals surface area contributed by atoms with E-state index in [2.05, 4.69) is 18.6 Å². The molecule has 8 heteroatoms. The standard InChI is InChI=1S/C23H30N2O5S/c1-16(2)14-20(17-7-9-18(29-3)10-8-17)24-31(27,28)19-11-12-22(30-4)21(15-19)25-13-5-6-23(25)26/h7-12,15-16,20,24H,5-6,13-14H2,1-4H3/t20-/m1/s1. The van der Waals surface area contributed by atoms with Crippen LogP contribution in [0.4, 0.5) is 5.69 Å². The van der Waals surface area contributed by atoms with Crippen LogP contribution < -0.4 is 19.1 Å². The molecule has 1 N–H and O–H groups in total. The largest absolute Gasteiger partial charge is 0.497 e. The van der Waals surface area contributed by atoms with Crippen LogP contribution in [0.25, 0.3) is 0 Å². The lowest BCUT2D eigenvalue weighted by Crippen LogP contribution is -2.30. The number of nitrogens with zero attached hydrogens (tertiary/aromatic N) is 1. The Bertz CT molecular complexity index is 1020. The third kappa shape index (κ3) is 5.37. The fraction of sp³-hybridized carbons (Fsp3) is 0.435. The Morgan fingerprint density at radius 1 is 1.06 bits per heavy atom. The van der Waals surface area contributed by atoms with Crippen molar-refractivity contribution in [3.05, 3.63) is 48.0 Å². The van der Waals surface area contributed by atoms with Gasteiger partial charge in [-0.1, -0.05) is 26.0 Å². The van der Waals surface area contributed by atoms with Crippen molar-refractivity contribution >= 4 is 21.6 Å². The minimum atomic E-state index is -3.84. The Morgan fingerprint density at radius 3 is 2.32 bits per heavy atom. The maximum absolute atomic E-state index is 13.3. The van der Waals surface area contributed by atoms with Gasteiger partial charge in [-0.05, 0) is 54.7 Å². The molecule has 0 unspecified atom stereocenters. The predicted octanol–water partition coefficient (Wildman–Crippen LogP) is 3.90. The molecule has 1 amide bonds. The van der Waals surface area contributed by atoms with Gasteiger partial charge in [-0.2, -0.15) is 0 Å². The van der Waals surface area contributed by atoms with Gasteiger partial charge in [-0.25, -0.2) is 13.1 Å². The van der Waals surface area contributed by atoms with Crippen molar-refractivity contribution in [3.8, 4) is 11.5 Å². The van der Waals surface area contributed by atoms with Crippen LogP contribution in [0.5, 0.6) is 11.5 Å². The molecular formula is C23H30N2O5S. The first kappa shape index (κ1) is 23.1. The predicted molar refractivity (Wildman–Crippen MR) is 120 cm³/mol. The fourth-order valence-corrected chi connectivity index (χ4v) is 5.02. The third-order valence-electron chi connectivity index (χ3n) is 5.35. The lowest BCUT2D eigenvalue weighted by atomic mass is 9.98. The molecule has 2 aromatic rings. The summed E-state index contributed by atoms with van der Waals surface area (Å²) >= 11 is 0. The molecule has 1 aliphatic rings. The molecular weight excluding hydrogens is 416 g/mol. The number of benzene rings is 2. The Morgan fingerprint density at radius 2 is 1.77 bits per heavy atom. The Hall–Kier alpha value is -2.58. The van der Waals surface area contributed by atoms with E-state index in [0.717, 1.165) is 12.0 Å². The Kier molecular flexibility index (Phi) is 7.23. The van der Waals surface area contributed by atoms with Gasteiger partial charge in [-0.3, -0.25) is 4.79 Å². The number of amides is 1. The minimum absolute atomic E-state index is 0.0308. The van der Waals surface area contributed by atoms with Crippen molar-refractivity contribution in [2.75, 3.05) is 25.7 Å². The van der Waals surface area contributed by atoms with Crippen LogP contribution >= 0.6 is 0 Å². The highest BCUT2D eigenvalue weighted by Crippen LogP contribution is 2.34. The molecule has 2 aromatic carbocycles. The smallest absolute Gasteiger partial charge is 0.241 e. The summed E-state index contributed by atoms with van der Waals surface area (Å²) in [5, 5.41) is 0. The second-order valence-corrected chi connectivity index (χ2v) is 9.77. The number of methoxy groups -OCH3 is 2. The van der Waals surface area contributed by atoms with E-state index in [1.54, 1.807) is 18.1 Å². The summed E-state index contributed by atoms with van der Waals surface area (Å²) in [5.74, 6) is 1.44. The van der Waals surface area contributed by atoms with Crippen molar-refractivity contribution in [2.45, 2.75) is 44.0 Å². The molecule has 1 saturated heterocycles. The SMILES string of the molecule is COc1ccc([C@@H](CC(C)C)NS(=O)(=O)c2ccc(OC)c(N3CCCC3=O)c2)cc1. The van der Waals surface area contributed by atoms with E-state index in [0.29, 0.717) is 36.6 Å². The van der Waals surface area contributed by atoms with Crippen molar-refractivity contribution in [1.29, 1.82) is 0 Å². The average molecular weight is 447 g/mol. The molecule has 31 heavy (non-hydrogen) atoms. The van der Waals surface area contributed by atoms with E-state index in [9.17, 15) is 13.2 Å². The second-order valence-electron chi connectivity index (χ2n) is 8.06. The molecule has 0 bridgehead atoms. The maximum atomic E-state index is 13.3. The molecule has 7 nitrogen and oxygen atoms in total. The van der Waals surface area contributed by atoms with Crippen LogP contribution in [0.3, 0.4) is 0 Å². The molecule has 168 valence electrons. The van der Waals surface area contributed by atoms with Gasteiger partial charge < -0.3 is 14.4 Å². The van der Waals surface area contributed by atoms with E-state index in [-0.39, 0.29) is 16.7 Å². The van der Waals surface area contributed by atoms with Crippen molar-refractivity contribution in [2.24, 2.45) is 5.92 Å². The minimum Gasteiger partial charge on any atom is -0.497 e. The molecule has 0 spiro atoms. The summed E-state index contributed by atoms with van der Waals surface area (Å²) in [5.41, 5.74) is 1.35. The van der Waals surface area contributed by atoms with Gasteiger partial charge in [0.25, 0.3) is 0 Å². The molecule has 0 radical (unpaired) electrons. The van der Waals surface area contributed by atoms with E-state index in [1.165, 1.54) is 19.2 Å². The maximum Gasteiger partial charge on any atom is 0.241 e. The van der Waals surface area contributed by atoms with E-state index < -0.39 is 16.1 Å². The van der Waals surface area contributed by atoms with Gasteiger partial charge in [0.2, 0.25) is 15.9 Å². The molecule has 1 aliphatic heterocycles. The fourth-order valence-electron chi connectivity index (χ4n) is 3.77. The topological polar surface area (TPSA) is 84.9 Å². The lowest BCUT2D eigenvalue weighted by molar-refractivity contribution is -0.117. The van der Waals surface area contributed by atoms with Crippen molar-refractivity contribution < 1.29 is 22.7 Å². The monoisotopic (exact) mass is 446 g/mol. The molecule has 0 aliphatic carbocycles. The molecule has 3 rings (SSSR count). The number of carbonyl (C=O) groups is 1. The summed E-state index contributed by atoms with van der Waals surface area (Å²) in [6.45, 7) is 4.65. The van der Waals surface area contributed by atoms with Crippen molar-refractivity contribution in [3.63, 3.8) is 0 Å². The Labute approximate surface area is 184 Å². The zero-order chi connectivity index (χ0) is 22.6. The van der Waals surface area contributed by atoms with Crippen LogP contribution in [0, 0.1) is 5.92 Å². The van der Waals surface area contributed by atoms with Gasteiger partial charge in [0.1, 0.15) is 11.5 Å². The van der Waals surface area contributed by atoms with E-state index >= 15 is 0 Å². The first-order valence-corrected chi connectivity index (χ1v) is 11.9. The van der Waals surface area contributed by atoms with Gasteiger partial charge in [-0.15, -0.1) is 0 Å². The van der Waals surface area contributed by atoms with E-state index in [1.807, 2.05) is 24.3 Å². The van der Waals surface area contributed by atoms with Crippen molar-refractivity contribution in [1.82, 2.24) is 4.72 Å². The van der Waals surface area contributed by atoms with Crippen LogP contribution in [0.1, 0.15) is 44.7 Å². The number of ether oxygens (including phenoxy) is 2. The normalized spacial score (nSPS) is 15.4. The average Bonchev–Trinajstić information content (AvgIpc) is 3.18. The first-order valence-electron chi connectivity index (χ1n) is 10.4. The number of nitrogens with one attached hydrogen (secondary N) is 1. The van der Waals surface area contributed by atoms with Gasteiger partial charge in [0.15, 0.2) is 0 Å². The molecule has 0 saturated carbocycles.